The van der Waals surface area contributed by atoms with E-state index in [2.05, 4.69) is 41.8 Å². The molecule has 0 aliphatic rings. The topological polar surface area (TPSA) is 38.3 Å². The molecular formula is C19H22INO2. The maximum atomic E-state index is 12.4. The number of benzene rings is 2. The van der Waals surface area contributed by atoms with Gasteiger partial charge in [0.25, 0.3) is 5.91 Å². The van der Waals surface area contributed by atoms with E-state index in [1.807, 2.05) is 49.4 Å². The molecule has 23 heavy (non-hydrogen) atoms. The first-order valence-electron chi connectivity index (χ1n) is 7.71. The molecule has 2 aromatic rings. The van der Waals surface area contributed by atoms with Crippen molar-refractivity contribution in [1.82, 2.24) is 0 Å². The summed E-state index contributed by atoms with van der Waals surface area (Å²) in [5, 5.41) is 2.94. The van der Waals surface area contributed by atoms with Crippen molar-refractivity contribution in [3.05, 3.63) is 57.2 Å². The van der Waals surface area contributed by atoms with Gasteiger partial charge in [-0.2, -0.15) is 0 Å². The third-order valence-electron chi connectivity index (χ3n) is 3.66. The van der Waals surface area contributed by atoms with E-state index < -0.39 is 6.10 Å². The highest BCUT2D eigenvalue weighted by molar-refractivity contribution is 14.1. The number of hydrogen-bond acceptors (Lipinski definition) is 2. The Labute approximate surface area is 151 Å². The van der Waals surface area contributed by atoms with E-state index >= 15 is 0 Å². The number of aryl methyl sites for hydroxylation is 1. The minimum absolute atomic E-state index is 0.145. The van der Waals surface area contributed by atoms with E-state index in [-0.39, 0.29) is 5.91 Å². The van der Waals surface area contributed by atoms with Crippen LogP contribution in [0.4, 0.5) is 5.69 Å². The number of nitrogens with one attached hydrogen (secondary N) is 1. The molecule has 4 heteroatoms. The standard InChI is InChI=1S/C19H22INO2/c1-12(2)16-7-5-6-8-18(16)23-14(4)19(22)21-17-10-9-15(20)11-13(17)3/h5-12,14H,1-4H3,(H,21,22)/t14-/m0/s1. The Bertz CT molecular complexity index is 698. The SMILES string of the molecule is Cc1cc(I)ccc1NC(=O)[C@H](C)Oc1ccccc1C(C)C. The van der Waals surface area contributed by atoms with Crippen LogP contribution in [0.1, 0.15) is 37.8 Å². The largest absolute Gasteiger partial charge is 0.481 e. The summed E-state index contributed by atoms with van der Waals surface area (Å²) in [5.41, 5.74) is 2.97. The van der Waals surface area contributed by atoms with Gasteiger partial charge in [-0.1, -0.05) is 32.0 Å². The third-order valence-corrected chi connectivity index (χ3v) is 4.33. The summed E-state index contributed by atoms with van der Waals surface area (Å²) in [6.45, 7) is 7.98. The zero-order valence-corrected chi connectivity index (χ0v) is 16.0. The van der Waals surface area contributed by atoms with Crippen LogP contribution in [0.15, 0.2) is 42.5 Å². The molecule has 0 spiro atoms. The zero-order chi connectivity index (χ0) is 17.0. The Morgan fingerprint density at radius 2 is 1.83 bits per heavy atom. The van der Waals surface area contributed by atoms with Crippen molar-refractivity contribution in [2.75, 3.05) is 5.32 Å². The molecule has 2 rings (SSSR count). The number of ether oxygens (including phenoxy) is 1. The van der Waals surface area contributed by atoms with Crippen LogP contribution < -0.4 is 10.1 Å². The van der Waals surface area contributed by atoms with Crippen molar-refractivity contribution in [3.63, 3.8) is 0 Å². The molecule has 0 aromatic heterocycles. The maximum Gasteiger partial charge on any atom is 0.265 e. The van der Waals surface area contributed by atoms with Gasteiger partial charge in [-0.15, -0.1) is 0 Å². The first kappa shape index (κ1) is 17.8. The van der Waals surface area contributed by atoms with Gasteiger partial charge in [0.2, 0.25) is 0 Å². The van der Waals surface area contributed by atoms with Gasteiger partial charge in [-0.05, 0) is 77.7 Å². The van der Waals surface area contributed by atoms with Crippen LogP contribution in [0.2, 0.25) is 0 Å². The molecule has 0 heterocycles. The predicted octanol–water partition coefficient (Wildman–Crippen LogP) is 5.13. The second-order valence-corrected chi connectivity index (χ2v) is 7.15. The molecule has 0 saturated carbocycles. The highest BCUT2D eigenvalue weighted by Crippen LogP contribution is 2.27. The fraction of sp³-hybridized carbons (Fsp3) is 0.316. The van der Waals surface area contributed by atoms with Crippen molar-refractivity contribution >= 4 is 34.2 Å². The van der Waals surface area contributed by atoms with Crippen LogP contribution in [-0.2, 0) is 4.79 Å². The minimum Gasteiger partial charge on any atom is -0.481 e. The quantitative estimate of drug-likeness (QED) is 0.678. The van der Waals surface area contributed by atoms with E-state index in [9.17, 15) is 4.79 Å². The molecular weight excluding hydrogens is 401 g/mol. The van der Waals surface area contributed by atoms with Gasteiger partial charge in [-0.3, -0.25) is 4.79 Å². The van der Waals surface area contributed by atoms with Gasteiger partial charge >= 0.3 is 0 Å². The molecule has 0 aliphatic carbocycles. The third kappa shape index (κ3) is 4.70. The van der Waals surface area contributed by atoms with Crippen molar-refractivity contribution in [3.8, 4) is 5.75 Å². The zero-order valence-electron chi connectivity index (χ0n) is 13.9. The van der Waals surface area contributed by atoms with Crippen molar-refractivity contribution in [2.24, 2.45) is 0 Å². The van der Waals surface area contributed by atoms with Gasteiger partial charge in [0, 0.05) is 9.26 Å². The summed E-state index contributed by atoms with van der Waals surface area (Å²) in [4.78, 5) is 12.4. The smallest absolute Gasteiger partial charge is 0.265 e. The Balaban J connectivity index is 2.09. The van der Waals surface area contributed by atoms with Crippen LogP contribution in [-0.4, -0.2) is 12.0 Å². The van der Waals surface area contributed by atoms with E-state index in [0.29, 0.717) is 5.92 Å². The summed E-state index contributed by atoms with van der Waals surface area (Å²) < 4.78 is 7.04. The van der Waals surface area contributed by atoms with Crippen molar-refractivity contribution in [2.45, 2.75) is 39.7 Å². The molecule has 0 unspecified atom stereocenters. The molecule has 1 N–H and O–H groups in total. The summed E-state index contributed by atoms with van der Waals surface area (Å²) >= 11 is 2.26. The van der Waals surface area contributed by atoms with E-state index in [4.69, 9.17) is 4.74 Å². The number of para-hydroxylation sites is 1. The van der Waals surface area contributed by atoms with Crippen molar-refractivity contribution < 1.29 is 9.53 Å². The fourth-order valence-corrected chi connectivity index (χ4v) is 2.96. The molecule has 1 amide bonds. The Morgan fingerprint density at radius 1 is 1.13 bits per heavy atom. The lowest BCUT2D eigenvalue weighted by atomic mass is 10.0. The molecule has 0 aliphatic heterocycles. The normalized spacial score (nSPS) is 12.1. The van der Waals surface area contributed by atoms with Gasteiger partial charge in [0.1, 0.15) is 5.75 Å². The number of hydrogen-bond donors (Lipinski definition) is 1. The highest BCUT2D eigenvalue weighted by atomic mass is 127. The van der Waals surface area contributed by atoms with Crippen molar-refractivity contribution in [1.29, 1.82) is 0 Å². The summed E-state index contributed by atoms with van der Waals surface area (Å²) in [5.74, 6) is 0.970. The first-order chi connectivity index (χ1) is 10.9. The fourth-order valence-electron chi connectivity index (χ4n) is 2.31. The number of halogens is 1. The van der Waals surface area contributed by atoms with Gasteiger partial charge in [0.05, 0.1) is 0 Å². The Hall–Kier alpha value is -1.56. The molecule has 1 atom stereocenters. The molecule has 0 radical (unpaired) electrons. The average molecular weight is 423 g/mol. The van der Waals surface area contributed by atoms with Gasteiger partial charge < -0.3 is 10.1 Å². The van der Waals surface area contributed by atoms with Gasteiger partial charge in [0.15, 0.2) is 6.10 Å². The molecule has 122 valence electrons. The van der Waals surface area contributed by atoms with E-state index in [0.717, 1.165) is 26.1 Å². The predicted molar refractivity (Wildman–Crippen MR) is 103 cm³/mol. The molecule has 3 nitrogen and oxygen atoms in total. The molecule has 0 bridgehead atoms. The van der Waals surface area contributed by atoms with Gasteiger partial charge in [-0.25, -0.2) is 0 Å². The second-order valence-electron chi connectivity index (χ2n) is 5.90. The second kappa shape index (κ2) is 7.81. The van der Waals surface area contributed by atoms with Crippen LogP contribution in [0.3, 0.4) is 0 Å². The average Bonchev–Trinajstić information content (AvgIpc) is 2.50. The minimum atomic E-state index is -0.562. The molecule has 0 saturated heterocycles. The van der Waals surface area contributed by atoms with E-state index in [1.54, 1.807) is 6.92 Å². The number of carbonyl (C=O) groups is 1. The first-order valence-corrected chi connectivity index (χ1v) is 8.79. The van der Waals surface area contributed by atoms with E-state index in [1.165, 1.54) is 0 Å². The monoisotopic (exact) mass is 423 g/mol. The maximum absolute atomic E-state index is 12.4. The Morgan fingerprint density at radius 3 is 2.48 bits per heavy atom. The number of anilines is 1. The molecule has 2 aromatic carbocycles. The number of rotatable bonds is 5. The number of carbonyl (C=O) groups excluding carboxylic acids is 1. The van der Waals surface area contributed by atoms with Crippen LogP contribution >= 0.6 is 22.6 Å². The highest BCUT2D eigenvalue weighted by Gasteiger charge is 2.18. The van der Waals surface area contributed by atoms with Crippen LogP contribution in [0.5, 0.6) is 5.75 Å². The summed E-state index contributed by atoms with van der Waals surface area (Å²) in [6, 6.07) is 13.8. The lowest BCUT2D eigenvalue weighted by Gasteiger charge is -2.19. The summed E-state index contributed by atoms with van der Waals surface area (Å²) in [6.07, 6.45) is -0.562. The Kier molecular flexibility index (Phi) is 6.04. The van der Waals surface area contributed by atoms with Crippen LogP contribution in [0, 0.1) is 10.5 Å². The van der Waals surface area contributed by atoms with Crippen LogP contribution in [0.25, 0.3) is 0 Å². The lowest BCUT2D eigenvalue weighted by Crippen LogP contribution is -2.30. The number of amides is 1. The summed E-state index contributed by atoms with van der Waals surface area (Å²) in [7, 11) is 0. The lowest BCUT2D eigenvalue weighted by molar-refractivity contribution is -0.122. The molecule has 0 fully saturated rings.